The second-order valence-electron chi connectivity index (χ2n) is 4.37. The molecule has 2 rings (SSSR count). The smallest absolute Gasteiger partial charge is 0.256 e. The summed E-state index contributed by atoms with van der Waals surface area (Å²) in [7, 11) is 0. The number of nitrogens with one attached hydrogen (secondary N) is 1. The molecule has 0 aliphatic rings. The first-order chi connectivity index (χ1) is 10.1. The van der Waals surface area contributed by atoms with Gasteiger partial charge in [-0.25, -0.2) is 4.98 Å². The highest BCUT2D eigenvalue weighted by Crippen LogP contribution is 2.18. The fourth-order valence-corrected chi connectivity index (χ4v) is 1.92. The summed E-state index contributed by atoms with van der Waals surface area (Å²) in [5.74, 6) is 5.80. The number of anilines is 1. The Kier molecular flexibility index (Phi) is 4.94. The Bertz CT molecular complexity index is 732. The molecule has 0 aliphatic carbocycles. The summed E-state index contributed by atoms with van der Waals surface area (Å²) >= 11 is 6.10. The lowest BCUT2D eigenvalue weighted by molar-refractivity contribution is 0.102. The van der Waals surface area contributed by atoms with Gasteiger partial charge in [0.2, 0.25) is 0 Å². The van der Waals surface area contributed by atoms with Crippen LogP contribution < -0.4 is 11.1 Å². The van der Waals surface area contributed by atoms with E-state index in [0.717, 1.165) is 5.56 Å². The summed E-state index contributed by atoms with van der Waals surface area (Å²) in [5.41, 5.74) is 7.43. The number of nitrogens with two attached hydrogens (primary N) is 1. The number of hydrogen-bond donors (Lipinski definition) is 2. The van der Waals surface area contributed by atoms with Crippen LogP contribution in [0.15, 0.2) is 36.5 Å². The molecule has 0 saturated heterocycles. The molecule has 0 aliphatic heterocycles. The molecule has 1 heterocycles. The summed E-state index contributed by atoms with van der Waals surface area (Å²) in [4.78, 5) is 16.2. The molecule has 0 bridgehead atoms. The first-order valence-corrected chi connectivity index (χ1v) is 6.70. The molecule has 1 aromatic carbocycles. The third-order valence-corrected chi connectivity index (χ3v) is 3.03. The summed E-state index contributed by atoms with van der Waals surface area (Å²) in [6, 6.07) is 8.59. The third kappa shape index (κ3) is 4.06. The molecule has 0 atom stereocenters. The lowest BCUT2D eigenvalue weighted by Crippen LogP contribution is -2.13. The lowest BCUT2D eigenvalue weighted by Gasteiger charge is -2.06. The average Bonchev–Trinajstić information content (AvgIpc) is 2.46. The van der Waals surface area contributed by atoms with E-state index in [9.17, 15) is 4.79 Å². The number of amides is 1. The lowest BCUT2D eigenvalue weighted by atomic mass is 10.1. The molecule has 106 valence electrons. The fraction of sp³-hybridized carbons (Fsp3) is 0.125. The molecule has 0 fully saturated rings. The normalized spacial score (nSPS) is 9.67. The summed E-state index contributed by atoms with van der Waals surface area (Å²) in [5, 5.41) is 3.14. The molecular weight excluding hydrogens is 286 g/mol. The fourth-order valence-electron chi connectivity index (χ4n) is 1.70. The van der Waals surface area contributed by atoms with Crippen LogP contribution in [-0.2, 0) is 0 Å². The number of aryl methyl sites for hydroxylation is 1. The van der Waals surface area contributed by atoms with Crippen LogP contribution in [0.5, 0.6) is 0 Å². The van der Waals surface area contributed by atoms with Crippen molar-refractivity contribution < 1.29 is 4.79 Å². The Morgan fingerprint density at radius 2 is 2.19 bits per heavy atom. The van der Waals surface area contributed by atoms with Crippen LogP contribution >= 0.6 is 11.6 Å². The van der Waals surface area contributed by atoms with Gasteiger partial charge >= 0.3 is 0 Å². The van der Waals surface area contributed by atoms with Crippen LogP contribution in [0.2, 0.25) is 5.02 Å². The molecule has 0 radical (unpaired) electrons. The van der Waals surface area contributed by atoms with Crippen LogP contribution in [-0.4, -0.2) is 17.4 Å². The van der Waals surface area contributed by atoms with Crippen molar-refractivity contribution in [2.24, 2.45) is 5.73 Å². The molecule has 5 heteroatoms. The molecular formula is C16H14ClN3O. The minimum Gasteiger partial charge on any atom is -0.320 e. The highest BCUT2D eigenvalue weighted by Gasteiger charge is 2.09. The zero-order valence-electron chi connectivity index (χ0n) is 11.5. The Hall–Kier alpha value is -2.35. The number of pyridine rings is 1. The molecule has 2 aromatic rings. The topological polar surface area (TPSA) is 68.0 Å². The number of hydrogen-bond acceptors (Lipinski definition) is 3. The van der Waals surface area contributed by atoms with Crippen molar-refractivity contribution >= 4 is 23.3 Å². The Balaban J connectivity index is 2.18. The Morgan fingerprint density at radius 3 is 2.86 bits per heavy atom. The SMILES string of the molecule is Cc1ccnc(NC(=O)c2ccc(C#CCN)c(Cl)c2)c1. The van der Waals surface area contributed by atoms with Gasteiger partial charge < -0.3 is 11.1 Å². The van der Waals surface area contributed by atoms with Crippen molar-refractivity contribution in [1.82, 2.24) is 4.98 Å². The van der Waals surface area contributed by atoms with Gasteiger partial charge in [0.15, 0.2) is 0 Å². The summed E-state index contributed by atoms with van der Waals surface area (Å²) < 4.78 is 0. The van der Waals surface area contributed by atoms with Crippen molar-refractivity contribution in [3.8, 4) is 11.8 Å². The number of carbonyl (C=O) groups is 1. The summed E-state index contributed by atoms with van der Waals surface area (Å²) in [6.07, 6.45) is 1.64. The highest BCUT2D eigenvalue weighted by atomic mass is 35.5. The maximum absolute atomic E-state index is 12.1. The van der Waals surface area contributed by atoms with Gasteiger partial charge in [-0.15, -0.1) is 0 Å². The van der Waals surface area contributed by atoms with Crippen molar-refractivity contribution in [2.45, 2.75) is 6.92 Å². The van der Waals surface area contributed by atoms with Crippen LogP contribution in [0.25, 0.3) is 0 Å². The first-order valence-electron chi connectivity index (χ1n) is 6.32. The van der Waals surface area contributed by atoms with E-state index < -0.39 is 0 Å². The minimum atomic E-state index is -0.270. The predicted octanol–water partition coefficient (Wildman–Crippen LogP) is 2.61. The van der Waals surface area contributed by atoms with E-state index in [1.165, 1.54) is 0 Å². The van der Waals surface area contributed by atoms with Crippen LogP contribution in [0, 0.1) is 18.8 Å². The van der Waals surface area contributed by atoms with Gasteiger partial charge in [-0.2, -0.15) is 0 Å². The molecule has 1 amide bonds. The maximum atomic E-state index is 12.1. The predicted molar refractivity (Wildman–Crippen MR) is 84.3 cm³/mol. The molecule has 0 unspecified atom stereocenters. The van der Waals surface area contributed by atoms with Gasteiger partial charge in [0, 0.05) is 17.3 Å². The van der Waals surface area contributed by atoms with Crippen LogP contribution in [0.1, 0.15) is 21.5 Å². The molecule has 21 heavy (non-hydrogen) atoms. The summed E-state index contributed by atoms with van der Waals surface area (Å²) in [6.45, 7) is 2.19. The molecule has 4 nitrogen and oxygen atoms in total. The van der Waals surface area contributed by atoms with Gasteiger partial charge in [0.1, 0.15) is 5.82 Å². The van der Waals surface area contributed by atoms with Crippen LogP contribution in [0.4, 0.5) is 5.82 Å². The quantitative estimate of drug-likeness (QED) is 0.838. The number of nitrogens with zero attached hydrogens (tertiary/aromatic N) is 1. The number of aromatic nitrogens is 1. The average molecular weight is 300 g/mol. The van der Waals surface area contributed by atoms with Crippen molar-refractivity contribution in [2.75, 3.05) is 11.9 Å². The first kappa shape index (κ1) is 15.0. The Morgan fingerprint density at radius 1 is 1.38 bits per heavy atom. The van der Waals surface area contributed by atoms with E-state index in [2.05, 4.69) is 22.1 Å². The van der Waals surface area contributed by atoms with E-state index >= 15 is 0 Å². The van der Waals surface area contributed by atoms with E-state index in [1.807, 2.05) is 13.0 Å². The second kappa shape index (κ2) is 6.89. The monoisotopic (exact) mass is 299 g/mol. The third-order valence-electron chi connectivity index (χ3n) is 2.71. The maximum Gasteiger partial charge on any atom is 0.256 e. The number of benzene rings is 1. The largest absolute Gasteiger partial charge is 0.320 e. The van der Waals surface area contributed by atoms with E-state index in [4.69, 9.17) is 17.3 Å². The van der Waals surface area contributed by atoms with Crippen molar-refractivity contribution in [3.05, 3.63) is 58.2 Å². The zero-order valence-corrected chi connectivity index (χ0v) is 12.2. The molecule has 0 saturated carbocycles. The van der Waals surface area contributed by atoms with Gasteiger partial charge in [-0.3, -0.25) is 4.79 Å². The second-order valence-corrected chi connectivity index (χ2v) is 4.78. The van der Waals surface area contributed by atoms with E-state index in [1.54, 1.807) is 30.5 Å². The van der Waals surface area contributed by atoms with E-state index in [0.29, 0.717) is 22.0 Å². The van der Waals surface area contributed by atoms with Crippen molar-refractivity contribution in [1.29, 1.82) is 0 Å². The molecule has 0 spiro atoms. The van der Waals surface area contributed by atoms with Gasteiger partial charge in [-0.1, -0.05) is 23.4 Å². The van der Waals surface area contributed by atoms with Crippen LogP contribution in [0.3, 0.4) is 0 Å². The minimum absolute atomic E-state index is 0.262. The number of carbonyl (C=O) groups excluding carboxylic acids is 1. The van der Waals surface area contributed by atoms with Gasteiger partial charge in [0.25, 0.3) is 5.91 Å². The number of halogens is 1. The molecule has 3 N–H and O–H groups in total. The van der Waals surface area contributed by atoms with Gasteiger partial charge in [0.05, 0.1) is 11.6 Å². The van der Waals surface area contributed by atoms with Crippen molar-refractivity contribution in [3.63, 3.8) is 0 Å². The van der Waals surface area contributed by atoms with E-state index in [-0.39, 0.29) is 12.5 Å². The zero-order chi connectivity index (χ0) is 15.2. The Labute approximate surface area is 128 Å². The standard InChI is InChI=1S/C16H14ClN3O/c1-11-6-8-19-15(9-11)20-16(21)13-5-4-12(3-2-7-18)14(17)10-13/h4-6,8-10H,7,18H2,1H3,(H,19,20,21). The highest BCUT2D eigenvalue weighted by molar-refractivity contribution is 6.32. The number of rotatable bonds is 2. The molecule has 1 aromatic heterocycles. The van der Waals surface area contributed by atoms with Gasteiger partial charge in [-0.05, 0) is 42.8 Å².